The number of hydrogen-bond donors (Lipinski definition) is 2. The van der Waals surface area contributed by atoms with Gasteiger partial charge in [0.25, 0.3) is 11.8 Å². The molecule has 3 rings (SSSR count). The van der Waals surface area contributed by atoms with Crippen LogP contribution in [0.4, 0.5) is 5.69 Å². The zero-order valence-electron chi connectivity index (χ0n) is 14.1. The van der Waals surface area contributed by atoms with Crippen molar-refractivity contribution in [3.63, 3.8) is 0 Å². The van der Waals surface area contributed by atoms with Gasteiger partial charge < -0.3 is 20.4 Å². The third-order valence-electron chi connectivity index (χ3n) is 4.25. The smallest absolute Gasteiger partial charge is 0.258 e. The molecule has 0 spiro atoms. The summed E-state index contributed by atoms with van der Waals surface area (Å²) in [5.74, 6) is 0.188. The van der Waals surface area contributed by atoms with E-state index >= 15 is 0 Å². The van der Waals surface area contributed by atoms with Crippen LogP contribution in [0.5, 0.6) is 0 Å². The topological polar surface area (TPSA) is 88.6 Å². The second-order valence-corrected chi connectivity index (χ2v) is 5.96. The number of amides is 2. The minimum absolute atomic E-state index is 0. The van der Waals surface area contributed by atoms with Gasteiger partial charge in [-0.05, 0) is 37.5 Å². The van der Waals surface area contributed by atoms with Crippen LogP contribution in [0, 0.1) is 6.92 Å². The van der Waals surface area contributed by atoms with Gasteiger partial charge in [-0.1, -0.05) is 12.1 Å². The van der Waals surface area contributed by atoms with Crippen molar-refractivity contribution in [2.24, 2.45) is 5.73 Å². The quantitative estimate of drug-likeness (QED) is 0.874. The third-order valence-corrected chi connectivity index (χ3v) is 4.25. The van der Waals surface area contributed by atoms with Gasteiger partial charge in [0.1, 0.15) is 12.0 Å². The second kappa shape index (κ2) is 8.18. The van der Waals surface area contributed by atoms with Crippen molar-refractivity contribution in [2.75, 3.05) is 18.4 Å². The first-order valence-corrected chi connectivity index (χ1v) is 8.08. The maximum atomic E-state index is 12.8. The fourth-order valence-electron chi connectivity index (χ4n) is 2.94. The molecule has 1 fully saturated rings. The highest BCUT2D eigenvalue weighted by Gasteiger charge is 2.24. The van der Waals surface area contributed by atoms with E-state index in [0.29, 0.717) is 22.6 Å². The van der Waals surface area contributed by atoms with Crippen LogP contribution in [0.15, 0.2) is 34.9 Å². The third kappa shape index (κ3) is 4.03. The van der Waals surface area contributed by atoms with Gasteiger partial charge in [0.15, 0.2) is 0 Å². The normalized spacial score (nSPS) is 13.4. The summed E-state index contributed by atoms with van der Waals surface area (Å²) < 4.78 is 5.19. The van der Waals surface area contributed by atoms with Gasteiger partial charge in [-0.15, -0.1) is 12.4 Å². The van der Waals surface area contributed by atoms with E-state index in [4.69, 9.17) is 10.2 Å². The van der Waals surface area contributed by atoms with Gasteiger partial charge >= 0.3 is 0 Å². The number of carbonyl (C=O) groups is 2. The van der Waals surface area contributed by atoms with E-state index < -0.39 is 0 Å². The van der Waals surface area contributed by atoms with E-state index in [1.807, 2.05) is 24.0 Å². The zero-order valence-corrected chi connectivity index (χ0v) is 14.9. The fraction of sp³-hybridized carbons (Fsp3) is 0.333. The van der Waals surface area contributed by atoms with Gasteiger partial charge in [0, 0.05) is 13.1 Å². The number of nitrogens with two attached hydrogens (primary N) is 1. The Morgan fingerprint density at radius 3 is 2.64 bits per heavy atom. The highest BCUT2D eigenvalue weighted by molar-refractivity contribution is 6.09. The molecule has 0 bridgehead atoms. The van der Waals surface area contributed by atoms with Crippen LogP contribution in [0.3, 0.4) is 0 Å². The lowest BCUT2D eigenvalue weighted by Gasteiger charge is -2.19. The Morgan fingerprint density at radius 2 is 2.00 bits per heavy atom. The Morgan fingerprint density at radius 1 is 1.28 bits per heavy atom. The summed E-state index contributed by atoms with van der Waals surface area (Å²) in [6.45, 7) is 3.64. The lowest BCUT2D eigenvalue weighted by molar-refractivity contribution is 0.0793. The first-order valence-electron chi connectivity index (χ1n) is 8.08. The Hall–Kier alpha value is -2.31. The van der Waals surface area contributed by atoms with Crippen molar-refractivity contribution in [2.45, 2.75) is 26.3 Å². The molecule has 0 saturated carbocycles. The number of halogens is 1. The molecule has 2 amide bonds. The molecule has 6 nitrogen and oxygen atoms in total. The molecule has 1 aromatic carbocycles. The summed E-state index contributed by atoms with van der Waals surface area (Å²) in [5, 5.41) is 2.82. The Labute approximate surface area is 152 Å². The molecule has 0 unspecified atom stereocenters. The summed E-state index contributed by atoms with van der Waals surface area (Å²) in [7, 11) is 0. The number of aryl methyl sites for hydroxylation is 1. The lowest BCUT2D eigenvalue weighted by atomic mass is 10.0. The Kier molecular flexibility index (Phi) is 6.22. The minimum atomic E-state index is -0.320. The number of benzene rings is 1. The van der Waals surface area contributed by atoms with Gasteiger partial charge in [-0.3, -0.25) is 9.59 Å². The molecule has 3 N–H and O–H groups in total. The highest BCUT2D eigenvalue weighted by atomic mass is 35.5. The van der Waals surface area contributed by atoms with E-state index in [1.54, 1.807) is 12.1 Å². The van der Waals surface area contributed by atoms with E-state index in [1.165, 1.54) is 6.26 Å². The molecule has 1 aromatic heterocycles. The first-order chi connectivity index (χ1) is 11.6. The number of nitrogens with one attached hydrogen (secondary N) is 1. The average Bonchev–Trinajstić information content (AvgIpc) is 3.26. The van der Waals surface area contributed by atoms with Crippen LogP contribution in [0.2, 0.25) is 0 Å². The van der Waals surface area contributed by atoms with Crippen LogP contribution in [-0.2, 0) is 6.54 Å². The fourth-order valence-corrected chi connectivity index (χ4v) is 2.94. The molecule has 1 saturated heterocycles. The number of hydrogen-bond acceptors (Lipinski definition) is 4. The van der Waals surface area contributed by atoms with Crippen molar-refractivity contribution < 1.29 is 14.0 Å². The SMILES string of the molecule is Cc1cccc(NC(=O)c2coc(CN)c2)c1C(=O)N1CCCC1.Cl. The molecule has 0 aliphatic carbocycles. The summed E-state index contributed by atoms with van der Waals surface area (Å²) in [6, 6.07) is 7.06. The van der Waals surface area contributed by atoms with Crippen LogP contribution < -0.4 is 11.1 Å². The number of nitrogens with zero attached hydrogens (tertiary/aromatic N) is 1. The molecule has 25 heavy (non-hydrogen) atoms. The van der Waals surface area contributed by atoms with Crippen LogP contribution >= 0.6 is 12.4 Å². The van der Waals surface area contributed by atoms with Gasteiger partial charge in [-0.25, -0.2) is 0 Å². The van der Waals surface area contributed by atoms with E-state index in [2.05, 4.69) is 5.32 Å². The average molecular weight is 364 g/mol. The maximum Gasteiger partial charge on any atom is 0.258 e. The number of rotatable bonds is 4. The molecular weight excluding hydrogens is 342 g/mol. The predicted octanol–water partition coefficient (Wildman–Crippen LogP) is 2.96. The molecule has 134 valence electrons. The maximum absolute atomic E-state index is 12.8. The van der Waals surface area contributed by atoms with Gasteiger partial charge in [0.2, 0.25) is 0 Å². The largest absolute Gasteiger partial charge is 0.467 e. The summed E-state index contributed by atoms with van der Waals surface area (Å²) in [4.78, 5) is 27.0. The standard InChI is InChI=1S/C18H21N3O3.ClH/c1-12-5-4-6-15(16(12)18(23)21-7-2-3-8-21)20-17(22)13-9-14(10-19)24-11-13;/h4-6,9,11H,2-3,7-8,10,19H2,1H3,(H,20,22);1H. The second-order valence-electron chi connectivity index (χ2n) is 5.96. The van der Waals surface area contributed by atoms with Crippen molar-refractivity contribution in [1.29, 1.82) is 0 Å². The van der Waals surface area contributed by atoms with Crippen molar-refractivity contribution in [3.8, 4) is 0 Å². The zero-order chi connectivity index (χ0) is 17.1. The van der Waals surface area contributed by atoms with Gasteiger partial charge in [0.05, 0.1) is 23.4 Å². The molecule has 2 aromatic rings. The number of likely N-dealkylation sites (tertiary alicyclic amines) is 1. The molecule has 1 aliphatic rings. The van der Waals surface area contributed by atoms with Crippen molar-refractivity contribution in [3.05, 3.63) is 53.0 Å². The summed E-state index contributed by atoms with van der Waals surface area (Å²) in [5.41, 5.74) is 7.80. The predicted molar refractivity (Wildman–Crippen MR) is 98.1 cm³/mol. The Bertz CT molecular complexity index is 767. The molecule has 2 heterocycles. The number of carbonyl (C=O) groups excluding carboxylic acids is 2. The summed E-state index contributed by atoms with van der Waals surface area (Å²) in [6.07, 6.45) is 3.42. The number of furan rings is 1. The molecular formula is C18H22ClN3O3. The molecule has 0 radical (unpaired) electrons. The molecule has 7 heteroatoms. The van der Waals surface area contributed by atoms with Crippen molar-refractivity contribution >= 4 is 29.9 Å². The first kappa shape index (κ1) is 19.0. The van der Waals surface area contributed by atoms with E-state index in [0.717, 1.165) is 31.5 Å². The van der Waals surface area contributed by atoms with E-state index in [9.17, 15) is 9.59 Å². The van der Waals surface area contributed by atoms with Crippen LogP contribution in [0.25, 0.3) is 0 Å². The number of anilines is 1. The van der Waals surface area contributed by atoms with Crippen LogP contribution in [-0.4, -0.2) is 29.8 Å². The van der Waals surface area contributed by atoms with Crippen LogP contribution in [0.1, 0.15) is 44.9 Å². The Balaban J connectivity index is 0.00000225. The van der Waals surface area contributed by atoms with Crippen molar-refractivity contribution in [1.82, 2.24) is 4.90 Å². The molecule has 0 atom stereocenters. The highest BCUT2D eigenvalue weighted by Crippen LogP contribution is 2.24. The lowest BCUT2D eigenvalue weighted by Crippen LogP contribution is -2.29. The van der Waals surface area contributed by atoms with E-state index in [-0.39, 0.29) is 30.8 Å². The van der Waals surface area contributed by atoms with Gasteiger partial charge in [-0.2, -0.15) is 0 Å². The summed E-state index contributed by atoms with van der Waals surface area (Å²) >= 11 is 0. The monoisotopic (exact) mass is 363 g/mol. The minimum Gasteiger partial charge on any atom is -0.467 e. The molecule has 1 aliphatic heterocycles.